The van der Waals surface area contributed by atoms with Gasteiger partial charge < -0.3 is 14.2 Å². The fourth-order valence-electron chi connectivity index (χ4n) is 7.05. The number of ether oxygens (including phenoxy) is 3. The Hall–Kier alpha value is -2.72. The average molecular weight is 579 g/mol. The van der Waals surface area contributed by atoms with E-state index < -0.39 is 0 Å². The van der Waals surface area contributed by atoms with E-state index in [9.17, 15) is 0 Å². The highest BCUT2D eigenvalue weighted by molar-refractivity contribution is 5.17. The lowest BCUT2D eigenvalue weighted by atomic mass is 9.91. The van der Waals surface area contributed by atoms with Gasteiger partial charge in [0.1, 0.15) is 0 Å². The summed E-state index contributed by atoms with van der Waals surface area (Å²) in [6.07, 6.45) is 31.2. The zero-order valence-electron chi connectivity index (χ0n) is 25.7. The third-order valence-corrected chi connectivity index (χ3v) is 9.59. The molecule has 3 nitrogen and oxygen atoms in total. The van der Waals surface area contributed by atoms with Crippen molar-refractivity contribution in [2.45, 2.75) is 88.6 Å². The van der Waals surface area contributed by atoms with Crippen LogP contribution in [0.2, 0.25) is 0 Å². The van der Waals surface area contributed by atoms with Gasteiger partial charge in [0.2, 0.25) is 0 Å². The lowest BCUT2D eigenvalue weighted by Crippen LogP contribution is -2.21. The molecule has 0 N–H and O–H groups in total. The molecule has 2 aromatic carbocycles. The Kier molecular flexibility index (Phi) is 11.2. The van der Waals surface area contributed by atoms with Crippen molar-refractivity contribution in [1.29, 1.82) is 0 Å². The number of allylic oxidation sites excluding steroid dienone is 8. The second-order valence-electron chi connectivity index (χ2n) is 13.2. The van der Waals surface area contributed by atoms with Crippen LogP contribution in [0.15, 0.2) is 109 Å². The molecular weight excluding hydrogens is 528 g/mol. The fourth-order valence-corrected chi connectivity index (χ4v) is 7.05. The quantitative estimate of drug-likeness (QED) is 0.131. The molecule has 2 aliphatic heterocycles. The summed E-state index contributed by atoms with van der Waals surface area (Å²) in [5.41, 5.74) is 2.78. The fraction of sp³-hybridized carbons (Fsp3) is 0.500. The smallest absolute Gasteiger partial charge is 0.0845 e. The van der Waals surface area contributed by atoms with E-state index in [0.29, 0.717) is 48.1 Å². The maximum Gasteiger partial charge on any atom is 0.0845 e. The summed E-state index contributed by atoms with van der Waals surface area (Å²) in [6.45, 7) is 1.58. The average Bonchev–Trinajstić information content (AvgIpc) is 3.98. The molecule has 6 unspecified atom stereocenters. The van der Waals surface area contributed by atoms with E-state index in [1.54, 1.807) is 0 Å². The molecule has 0 saturated carbocycles. The second kappa shape index (κ2) is 15.8. The molecule has 0 bridgehead atoms. The van der Waals surface area contributed by atoms with Gasteiger partial charge in [-0.3, -0.25) is 0 Å². The molecule has 228 valence electrons. The molecule has 6 rings (SSSR count). The summed E-state index contributed by atoms with van der Waals surface area (Å²) in [6, 6.07) is 21.8. The van der Waals surface area contributed by atoms with Gasteiger partial charge in [-0.1, -0.05) is 109 Å². The maximum absolute atomic E-state index is 6.59. The topological polar surface area (TPSA) is 34.3 Å². The van der Waals surface area contributed by atoms with Crippen molar-refractivity contribution in [1.82, 2.24) is 0 Å². The Morgan fingerprint density at radius 1 is 0.535 bits per heavy atom. The molecule has 43 heavy (non-hydrogen) atoms. The molecule has 2 aliphatic carbocycles. The largest absolute Gasteiger partial charge is 0.381 e. The standard InChI is InChI=1S/C40H50O3/c1-5-13-31(14-6-1)21-23-37-39(42-37)27-35(25-33-17-9-3-10-18-33)29-41-30-36(26-34-19-11-4-12-20-34)28-40-38(43-40)24-22-32-15-7-2-8-16-32/h3-20,31-32,35-40H,1-2,21-30H2. The normalized spacial score (nSPS) is 26.0. The summed E-state index contributed by atoms with van der Waals surface area (Å²) in [4.78, 5) is 0. The number of epoxide rings is 2. The van der Waals surface area contributed by atoms with Crippen molar-refractivity contribution in [2.24, 2.45) is 23.7 Å². The van der Waals surface area contributed by atoms with E-state index in [1.165, 1.54) is 24.0 Å². The van der Waals surface area contributed by atoms with Gasteiger partial charge in [0.15, 0.2) is 0 Å². The third kappa shape index (κ3) is 10.2. The highest BCUT2D eigenvalue weighted by Gasteiger charge is 2.41. The molecule has 6 atom stereocenters. The van der Waals surface area contributed by atoms with Crippen LogP contribution in [0.3, 0.4) is 0 Å². The molecule has 0 amide bonds. The minimum absolute atomic E-state index is 0.378. The molecule has 2 saturated heterocycles. The highest BCUT2D eigenvalue weighted by atomic mass is 16.6. The zero-order chi connectivity index (χ0) is 29.1. The van der Waals surface area contributed by atoms with E-state index in [0.717, 1.165) is 64.6 Å². The Labute approximate surface area is 259 Å². The molecule has 2 fully saturated rings. The van der Waals surface area contributed by atoms with Crippen LogP contribution in [0, 0.1) is 23.7 Å². The molecule has 0 spiro atoms. The number of hydrogen-bond acceptors (Lipinski definition) is 3. The Balaban J connectivity index is 0.993. The van der Waals surface area contributed by atoms with Crippen LogP contribution >= 0.6 is 0 Å². The number of hydrogen-bond donors (Lipinski definition) is 0. The Bertz CT molecular complexity index is 1100. The van der Waals surface area contributed by atoms with E-state index >= 15 is 0 Å². The molecule has 2 aromatic rings. The van der Waals surface area contributed by atoms with E-state index in [4.69, 9.17) is 14.2 Å². The summed E-state index contributed by atoms with van der Waals surface area (Å²) in [5.74, 6) is 2.09. The van der Waals surface area contributed by atoms with Gasteiger partial charge in [-0.2, -0.15) is 0 Å². The number of rotatable bonds is 18. The first-order valence-electron chi connectivity index (χ1n) is 16.9. The molecule has 0 aromatic heterocycles. The van der Waals surface area contributed by atoms with Gasteiger partial charge in [-0.25, -0.2) is 0 Å². The van der Waals surface area contributed by atoms with Crippen LogP contribution in [0.5, 0.6) is 0 Å². The number of benzene rings is 2. The second-order valence-corrected chi connectivity index (χ2v) is 13.2. The highest BCUT2D eigenvalue weighted by Crippen LogP contribution is 2.36. The minimum atomic E-state index is 0.378. The predicted octanol–water partition coefficient (Wildman–Crippen LogP) is 8.86. The van der Waals surface area contributed by atoms with E-state index in [2.05, 4.69) is 109 Å². The van der Waals surface area contributed by atoms with Crippen molar-refractivity contribution in [2.75, 3.05) is 13.2 Å². The molecule has 2 heterocycles. The lowest BCUT2D eigenvalue weighted by molar-refractivity contribution is 0.0619. The SMILES string of the molecule is C1=CC(CCC2OC2CC(COCC(Cc2ccccc2)CC2OC2CCC2C=CCC=C2)Cc2ccccc2)C=CC1. The van der Waals surface area contributed by atoms with Crippen molar-refractivity contribution < 1.29 is 14.2 Å². The molecule has 3 heteroatoms. The summed E-state index contributed by atoms with van der Waals surface area (Å²) < 4.78 is 19.0. The predicted molar refractivity (Wildman–Crippen MR) is 176 cm³/mol. The van der Waals surface area contributed by atoms with Crippen molar-refractivity contribution in [3.05, 3.63) is 120 Å². The third-order valence-electron chi connectivity index (χ3n) is 9.59. The van der Waals surface area contributed by atoms with Gasteiger partial charge in [0.25, 0.3) is 0 Å². The summed E-state index contributed by atoms with van der Waals surface area (Å²) >= 11 is 0. The monoisotopic (exact) mass is 578 g/mol. The van der Waals surface area contributed by atoms with Crippen LogP contribution < -0.4 is 0 Å². The lowest BCUT2D eigenvalue weighted by Gasteiger charge is -2.21. The van der Waals surface area contributed by atoms with Gasteiger partial charge in [0, 0.05) is 13.2 Å². The van der Waals surface area contributed by atoms with Crippen LogP contribution in [0.1, 0.15) is 62.5 Å². The first-order chi connectivity index (χ1) is 21.3. The first kappa shape index (κ1) is 30.3. The maximum atomic E-state index is 6.59. The van der Waals surface area contributed by atoms with Crippen molar-refractivity contribution in [3.63, 3.8) is 0 Å². The van der Waals surface area contributed by atoms with Gasteiger partial charge in [0.05, 0.1) is 24.4 Å². The summed E-state index contributed by atoms with van der Waals surface area (Å²) in [7, 11) is 0. The Morgan fingerprint density at radius 3 is 1.37 bits per heavy atom. The molecular formula is C40H50O3. The van der Waals surface area contributed by atoms with Crippen LogP contribution in [0.25, 0.3) is 0 Å². The van der Waals surface area contributed by atoms with Crippen molar-refractivity contribution in [3.8, 4) is 0 Å². The molecule has 0 radical (unpaired) electrons. The Morgan fingerprint density at radius 2 is 0.953 bits per heavy atom. The van der Waals surface area contributed by atoms with Crippen LogP contribution in [-0.2, 0) is 27.1 Å². The van der Waals surface area contributed by atoms with Gasteiger partial charge in [-0.05, 0) is 99.0 Å². The first-order valence-corrected chi connectivity index (χ1v) is 16.9. The summed E-state index contributed by atoms with van der Waals surface area (Å²) in [5, 5.41) is 0. The van der Waals surface area contributed by atoms with Crippen molar-refractivity contribution >= 4 is 0 Å². The van der Waals surface area contributed by atoms with Crippen LogP contribution in [0.4, 0.5) is 0 Å². The van der Waals surface area contributed by atoms with E-state index in [1.807, 2.05) is 0 Å². The van der Waals surface area contributed by atoms with E-state index in [-0.39, 0.29) is 0 Å². The van der Waals surface area contributed by atoms with Gasteiger partial charge >= 0.3 is 0 Å². The molecule has 4 aliphatic rings. The zero-order valence-corrected chi connectivity index (χ0v) is 25.7. The minimum Gasteiger partial charge on any atom is -0.381 e. The van der Waals surface area contributed by atoms with Gasteiger partial charge in [-0.15, -0.1) is 0 Å². The van der Waals surface area contributed by atoms with Crippen LogP contribution in [-0.4, -0.2) is 37.6 Å².